The Morgan fingerprint density at radius 2 is 1.61 bits per heavy atom. The molecule has 0 spiro atoms. The second-order valence-electron chi connectivity index (χ2n) is 7.27. The van der Waals surface area contributed by atoms with Gasteiger partial charge in [-0.2, -0.15) is 0 Å². The zero-order valence-electron chi connectivity index (χ0n) is 16.1. The van der Waals surface area contributed by atoms with Gasteiger partial charge in [0.1, 0.15) is 5.75 Å². The number of piperazine rings is 1. The summed E-state index contributed by atoms with van der Waals surface area (Å²) >= 11 is 0. The van der Waals surface area contributed by atoms with Gasteiger partial charge in [-0.25, -0.2) is 0 Å². The summed E-state index contributed by atoms with van der Waals surface area (Å²) in [6, 6.07) is 17.6. The Labute approximate surface area is 165 Å². The number of methoxy groups -OCH3 is 1. The second-order valence-corrected chi connectivity index (χ2v) is 7.27. The number of benzene rings is 2. The molecule has 2 aliphatic rings. The Hall–Kier alpha value is -2.86. The predicted octanol–water partition coefficient (Wildman–Crippen LogP) is 2.32. The van der Waals surface area contributed by atoms with Crippen LogP contribution >= 0.6 is 0 Å². The van der Waals surface area contributed by atoms with Crippen molar-refractivity contribution in [3.05, 3.63) is 60.2 Å². The first-order valence-corrected chi connectivity index (χ1v) is 9.66. The van der Waals surface area contributed by atoms with Crippen molar-refractivity contribution >= 4 is 17.5 Å². The SMILES string of the molecule is COc1ccc(N2CCN(CN3C(=O)C[C@H](c4ccccc4)C3=O)CC2)cc1. The molecule has 0 N–H and O–H groups in total. The van der Waals surface area contributed by atoms with Gasteiger partial charge in [-0.3, -0.25) is 19.4 Å². The van der Waals surface area contributed by atoms with Crippen molar-refractivity contribution in [2.75, 3.05) is 44.9 Å². The molecule has 0 unspecified atom stereocenters. The predicted molar refractivity (Wildman–Crippen MR) is 107 cm³/mol. The monoisotopic (exact) mass is 379 g/mol. The Morgan fingerprint density at radius 1 is 0.929 bits per heavy atom. The normalized spacial score (nSPS) is 20.7. The van der Waals surface area contributed by atoms with Gasteiger partial charge in [0.25, 0.3) is 0 Å². The van der Waals surface area contributed by atoms with Gasteiger partial charge in [0.15, 0.2) is 0 Å². The maximum Gasteiger partial charge on any atom is 0.238 e. The first-order chi connectivity index (χ1) is 13.7. The number of hydrogen-bond acceptors (Lipinski definition) is 5. The number of imide groups is 1. The van der Waals surface area contributed by atoms with E-state index in [1.807, 2.05) is 42.5 Å². The van der Waals surface area contributed by atoms with Gasteiger partial charge in [-0.05, 0) is 29.8 Å². The van der Waals surface area contributed by atoms with Gasteiger partial charge in [-0.1, -0.05) is 30.3 Å². The number of likely N-dealkylation sites (tertiary alicyclic amines) is 1. The fourth-order valence-corrected chi connectivity index (χ4v) is 3.92. The standard InChI is InChI=1S/C22H25N3O3/c1-28-19-9-7-18(8-10-19)24-13-11-23(12-14-24)16-25-21(26)15-20(22(25)27)17-5-3-2-4-6-17/h2-10,20H,11-16H2,1H3/t20-/m1/s1. The fourth-order valence-electron chi connectivity index (χ4n) is 3.92. The number of anilines is 1. The number of carbonyl (C=O) groups is 2. The van der Waals surface area contributed by atoms with E-state index in [0.29, 0.717) is 6.67 Å². The topological polar surface area (TPSA) is 53.1 Å². The van der Waals surface area contributed by atoms with Crippen LogP contribution in [-0.2, 0) is 9.59 Å². The van der Waals surface area contributed by atoms with E-state index in [1.54, 1.807) is 7.11 Å². The van der Waals surface area contributed by atoms with E-state index < -0.39 is 0 Å². The van der Waals surface area contributed by atoms with Crippen molar-refractivity contribution in [2.24, 2.45) is 0 Å². The maximum atomic E-state index is 12.8. The molecule has 4 rings (SSSR count). The van der Waals surface area contributed by atoms with Gasteiger partial charge in [0, 0.05) is 38.3 Å². The molecule has 1 atom stereocenters. The molecule has 6 nitrogen and oxygen atoms in total. The van der Waals surface area contributed by atoms with E-state index in [0.717, 1.165) is 43.2 Å². The van der Waals surface area contributed by atoms with E-state index in [2.05, 4.69) is 21.9 Å². The van der Waals surface area contributed by atoms with E-state index in [-0.39, 0.29) is 24.2 Å². The summed E-state index contributed by atoms with van der Waals surface area (Å²) in [4.78, 5) is 31.2. The molecule has 2 amide bonds. The number of nitrogens with zero attached hydrogens (tertiary/aromatic N) is 3. The van der Waals surface area contributed by atoms with Crippen LogP contribution in [0.2, 0.25) is 0 Å². The summed E-state index contributed by atoms with van der Waals surface area (Å²) in [6.45, 7) is 3.75. The lowest BCUT2D eigenvalue weighted by Crippen LogP contribution is -2.51. The number of hydrogen-bond donors (Lipinski definition) is 0. The summed E-state index contributed by atoms with van der Waals surface area (Å²) in [6.07, 6.45) is 0.272. The van der Waals surface area contributed by atoms with Crippen molar-refractivity contribution in [1.82, 2.24) is 9.80 Å². The van der Waals surface area contributed by atoms with Crippen LogP contribution in [0.4, 0.5) is 5.69 Å². The number of ether oxygens (including phenoxy) is 1. The molecule has 2 aromatic carbocycles. The number of amides is 2. The van der Waals surface area contributed by atoms with E-state index in [4.69, 9.17) is 4.74 Å². The highest BCUT2D eigenvalue weighted by atomic mass is 16.5. The van der Waals surface area contributed by atoms with Crippen LogP contribution in [0.3, 0.4) is 0 Å². The van der Waals surface area contributed by atoms with Crippen molar-refractivity contribution in [3.8, 4) is 5.75 Å². The largest absolute Gasteiger partial charge is 0.497 e. The lowest BCUT2D eigenvalue weighted by Gasteiger charge is -2.37. The Morgan fingerprint density at radius 3 is 2.25 bits per heavy atom. The zero-order chi connectivity index (χ0) is 19.5. The molecule has 0 bridgehead atoms. The molecule has 2 aromatic rings. The Balaban J connectivity index is 1.34. The molecule has 0 aromatic heterocycles. The van der Waals surface area contributed by atoms with E-state index >= 15 is 0 Å². The summed E-state index contributed by atoms with van der Waals surface area (Å²) in [5, 5.41) is 0. The third-order valence-corrected chi connectivity index (χ3v) is 5.60. The number of carbonyl (C=O) groups excluding carboxylic acids is 2. The molecule has 2 aliphatic heterocycles. The average molecular weight is 379 g/mol. The third-order valence-electron chi connectivity index (χ3n) is 5.60. The molecule has 28 heavy (non-hydrogen) atoms. The van der Waals surface area contributed by atoms with Crippen molar-refractivity contribution < 1.29 is 14.3 Å². The van der Waals surface area contributed by atoms with Crippen LogP contribution in [0, 0.1) is 0 Å². The molecular formula is C22H25N3O3. The number of rotatable bonds is 5. The van der Waals surface area contributed by atoms with Crippen molar-refractivity contribution in [1.29, 1.82) is 0 Å². The van der Waals surface area contributed by atoms with Crippen LogP contribution in [-0.4, -0.2) is 61.6 Å². The van der Waals surface area contributed by atoms with Crippen LogP contribution in [0.1, 0.15) is 17.9 Å². The molecule has 0 radical (unpaired) electrons. The fraction of sp³-hybridized carbons (Fsp3) is 0.364. The molecule has 0 saturated carbocycles. The third kappa shape index (κ3) is 3.73. The first-order valence-electron chi connectivity index (χ1n) is 9.66. The smallest absolute Gasteiger partial charge is 0.238 e. The zero-order valence-corrected chi connectivity index (χ0v) is 16.1. The van der Waals surface area contributed by atoms with Crippen LogP contribution in [0.25, 0.3) is 0 Å². The molecule has 2 saturated heterocycles. The summed E-state index contributed by atoms with van der Waals surface area (Å²) in [5.74, 6) is 0.362. The second kappa shape index (κ2) is 8.02. The summed E-state index contributed by atoms with van der Waals surface area (Å²) < 4.78 is 5.21. The molecule has 2 fully saturated rings. The highest BCUT2D eigenvalue weighted by molar-refractivity contribution is 6.06. The van der Waals surface area contributed by atoms with Gasteiger partial charge >= 0.3 is 0 Å². The summed E-state index contributed by atoms with van der Waals surface area (Å²) in [5.41, 5.74) is 2.09. The van der Waals surface area contributed by atoms with E-state index in [1.165, 1.54) is 4.90 Å². The quantitative estimate of drug-likeness (QED) is 0.747. The van der Waals surface area contributed by atoms with Gasteiger partial charge < -0.3 is 9.64 Å². The lowest BCUT2D eigenvalue weighted by molar-refractivity contribution is -0.141. The van der Waals surface area contributed by atoms with Crippen LogP contribution < -0.4 is 9.64 Å². The maximum absolute atomic E-state index is 12.8. The van der Waals surface area contributed by atoms with Gasteiger partial charge in [0.2, 0.25) is 11.8 Å². The Kier molecular flexibility index (Phi) is 5.30. The minimum absolute atomic E-state index is 0.0727. The molecule has 6 heteroatoms. The minimum Gasteiger partial charge on any atom is -0.497 e. The van der Waals surface area contributed by atoms with Crippen LogP contribution in [0.5, 0.6) is 5.75 Å². The molecule has 0 aliphatic carbocycles. The van der Waals surface area contributed by atoms with Gasteiger partial charge in [0.05, 0.1) is 19.7 Å². The van der Waals surface area contributed by atoms with Crippen molar-refractivity contribution in [3.63, 3.8) is 0 Å². The average Bonchev–Trinajstić information content (AvgIpc) is 3.03. The van der Waals surface area contributed by atoms with Crippen molar-refractivity contribution in [2.45, 2.75) is 12.3 Å². The van der Waals surface area contributed by atoms with E-state index in [9.17, 15) is 9.59 Å². The minimum atomic E-state index is -0.339. The van der Waals surface area contributed by atoms with Crippen LogP contribution in [0.15, 0.2) is 54.6 Å². The highest BCUT2D eigenvalue weighted by Crippen LogP contribution is 2.30. The Bertz CT molecular complexity index is 830. The molecule has 2 heterocycles. The molecular weight excluding hydrogens is 354 g/mol. The summed E-state index contributed by atoms with van der Waals surface area (Å²) in [7, 11) is 1.66. The first kappa shape index (κ1) is 18.5. The molecule has 146 valence electrons. The highest BCUT2D eigenvalue weighted by Gasteiger charge is 2.40. The lowest BCUT2D eigenvalue weighted by atomic mass is 9.98. The van der Waals surface area contributed by atoms with Gasteiger partial charge in [-0.15, -0.1) is 0 Å².